The summed E-state index contributed by atoms with van der Waals surface area (Å²) in [5, 5.41) is 2.89. The molecule has 1 aliphatic rings. The molecule has 0 aromatic heterocycles. The topological polar surface area (TPSA) is 47.6 Å². The predicted molar refractivity (Wildman–Crippen MR) is 104 cm³/mol. The van der Waals surface area contributed by atoms with Gasteiger partial charge in [0.1, 0.15) is 11.5 Å². The van der Waals surface area contributed by atoms with Crippen molar-refractivity contribution in [2.24, 2.45) is 0 Å². The van der Waals surface area contributed by atoms with Crippen molar-refractivity contribution in [3.63, 3.8) is 0 Å². The lowest BCUT2D eigenvalue weighted by Gasteiger charge is -2.16. The molecule has 138 valence electrons. The molecular weight excluding hydrogens is 326 g/mol. The van der Waals surface area contributed by atoms with Crippen LogP contribution in [0.4, 0.5) is 5.69 Å². The molecule has 0 spiro atoms. The van der Waals surface area contributed by atoms with Crippen LogP contribution in [-0.4, -0.2) is 18.1 Å². The van der Waals surface area contributed by atoms with Crippen molar-refractivity contribution in [3.05, 3.63) is 53.6 Å². The number of anilines is 1. The van der Waals surface area contributed by atoms with Gasteiger partial charge in [-0.2, -0.15) is 0 Å². The molecule has 1 amide bonds. The van der Waals surface area contributed by atoms with Crippen molar-refractivity contribution in [1.82, 2.24) is 0 Å². The lowest BCUT2D eigenvalue weighted by Crippen LogP contribution is -2.30. The minimum Gasteiger partial charge on any atom is -0.490 e. The van der Waals surface area contributed by atoms with E-state index in [1.54, 1.807) is 6.92 Å². The van der Waals surface area contributed by atoms with Gasteiger partial charge in [0.15, 0.2) is 6.10 Å². The number of hydrogen-bond donors (Lipinski definition) is 1. The highest BCUT2D eigenvalue weighted by Crippen LogP contribution is 2.25. The highest BCUT2D eigenvalue weighted by molar-refractivity contribution is 5.94. The second-order valence-corrected chi connectivity index (χ2v) is 7.12. The Morgan fingerprint density at radius 3 is 2.23 bits per heavy atom. The van der Waals surface area contributed by atoms with Crippen molar-refractivity contribution in [2.75, 3.05) is 5.32 Å². The summed E-state index contributed by atoms with van der Waals surface area (Å²) >= 11 is 0. The molecule has 4 heteroatoms. The zero-order chi connectivity index (χ0) is 18.5. The fourth-order valence-corrected chi connectivity index (χ4v) is 3.32. The van der Waals surface area contributed by atoms with Crippen molar-refractivity contribution in [1.29, 1.82) is 0 Å². The fourth-order valence-electron chi connectivity index (χ4n) is 3.32. The number of nitrogens with one attached hydrogen (secondary N) is 1. The van der Waals surface area contributed by atoms with Crippen molar-refractivity contribution >= 4 is 11.6 Å². The van der Waals surface area contributed by atoms with E-state index in [0.717, 1.165) is 35.4 Å². The summed E-state index contributed by atoms with van der Waals surface area (Å²) in [6.45, 7) is 5.78. The Bertz CT molecular complexity index is 728. The summed E-state index contributed by atoms with van der Waals surface area (Å²) in [4.78, 5) is 12.4. The highest BCUT2D eigenvalue weighted by Gasteiger charge is 2.17. The molecule has 3 rings (SSSR count). The summed E-state index contributed by atoms with van der Waals surface area (Å²) in [7, 11) is 0. The molecule has 1 atom stereocenters. The fraction of sp³-hybridized carbons (Fsp3) is 0.409. The monoisotopic (exact) mass is 353 g/mol. The summed E-state index contributed by atoms with van der Waals surface area (Å²) in [6.07, 6.45) is 4.51. The molecule has 1 aliphatic carbocycles. The Hall–Kier alpha value is -2.49. The van der Waals surface area contributed by atoms with Crippen LogP contribution in [0.1, 0.15) is 43.7 Å². The van der Waals surface area contributed by atoms with Crippen molar-refractivity contribution in [3.8, 4) is 11.5 Å². The van der Waals surface area contributed by atoms with E-state index in [9.17, 15) is 4.79 Å². The van der Waals surface area contributed by atoms with Crippen LogP contribution < -0.4 is 14.8 Å². The molecule has 26 heavy (non-hydrogen) atoms. The van der Waals surface area contributed by atoms with Crippen LogP contribution >= 0.6 is 0 Å². The largest absolute Gasteiger partial charge is 0.490 e. The van der Waals surface area contributed by atoms with Gasteiger partial charge in [-0.25, -0.2) is 0 Å². The summed E-state index contributed by atoms with van der Waals surface area (Å²) in [5.41, 5.74) is 2.97. The molecule has 1 fully saturated rings. The molecule has 0 radical (unpaired) electrons. The quantitative estimate of drug-likeness (QED) is 0.792. The normalized spacial score (nSPS) is 15.5. The predicted octanol–water partition coefficient (Wildman–Crippen LogP) is 5.03. The van der Waals surface area contributed by atoms with Crippen LogP contribution in [0, 0.1) is 13.8 Å². The molecule has 0 bridgehead atoms. The average Bonchev–Trinajstić information content (AvgIpc) is 3.08. The maximum Gasteiger partial charge on any atom is 0.265 e. The van der Waals surface area contributed by atoms with Crippen molar-refractivity contribution in [2.45, 2.75) is 58.7 Å². The lowest BCUT2D eigenvalue weighted by molar-refractivity contribution is -0.122. The lowest BCUT2D eigenvalue weighted by atomic mass is 10.1. The number of benzene rings is 2. The Kier molecular flexibility index (Phi) is 5.82. The molecule has 2 aromatic rings. The van der Waals surface area contributed by atoms with Gasteiger partial charge in [-0.05, 0) is 94.0 Å². The second kappa shape index (κ2) is 8.26. The number of aryl methyl sites for hydroxylation is 2. The van der Waals surface area contributed by atoms with Crippen LogP contribution in [-0.2, 0) is 4.79 Å². The summed E-state index contributed by atoms with van der Waals surface area (Å²) < 4.78 is 11.7. The number of carbonyl (C=O) groups is 1. The van der Waals surface area contributed by atoms with Gasteiger partial charge in [-0.15, -0.1) is 0 Å². The zero-order valence-corrected chi connectivity index (χ0v) is 15.7. The Morgan fingerprint density at radius 1 is 1.00 bits per heavy atom. The third-order valence-electron chi connectivity index (χ3n) is 4.60. The minimum atomic E-state index is -0.578. The maximum absolute atomic E-state index is 12.4. The van der Waals surface area contributed by atoms with E-state index < -0.39 is 6.10 Å². The van der Waals surface area contributed by atoms with E-state index in [-0.39, 0.29) is 5.91 Å². The molecular formula is C22H27NO3. The standard InChI is InChI=1S/C22H27NO3/c1-15-12-16(2)14-21(13-15)25-17(3)22(24)23-18-8-10-20(11-9-18)26-19-6-4-5-7-19/h8-14,17,19H,4-7H2,1-3H3,(H,23,24)/t17-/m1/s1. The Balaban J connectivity index is 1.54. The van der Waals surface area contributed by atoms with E-state index >= 15 is 0 Å². The molecule has 0 saturated heterocycles. The van der Waals surface area contributed by atoms with E-state index in [2.05, 4.69) is 11.4 Å². The first kappa shape index (κ1) is 18.3. The SMILES string of the molecule is Cc1cc(C)cc(O[C@H](C)C(=O)Nc2ccc(OC3CCCC3)cc2)c1. The number of hydrogen-bond acceptors (Lipinski definition) is 3. The summed E-state index contributed by atoms with van der Waals surface area (Å²) in [6, 6.07) is 13.5. The number of carbonyl (C=O) groups excluding carboxylic acids is 1. The Labute approximate surface area is 155 Å². The third-order valence-corrected chi connectivity index (χ3v) is 4.60. The van der Waals surface area contributed by atoms with Crippen LogP contribution in [0.2, 0.25) is 0 Å². The van der Waals surface area contributed by atoms with Gasteiger partial charge in [0.2, 0.25) is 0 Å². The first-order valence-corrected chi connectivity index (χ1v) is 9.32. The average molecular weight is 353 g/mol. The highest BCUT2D eigenvalue weighted by atomic mass is 16.5. The van der Waals surface area contributed by atoms with Gasteiger partial charge in [-0.1, -0.05) is 6.07 Å². The number of ether oxygens (including phenoxy) is 2. The van der Waals surface area contributed by atoms with Gasteiger partial charge in [0, 0.05) is 5.69 Å². The third kappa shape index (κ3) is 5.01. The molecule has 1 N–H and O–H groups in total. The first-order chi connectivity index (χ1) is 12.5. The van der Waals surface area contributed by atoms with E-state index in [4.69, 9.17) is 9.47 Å². The Morgan fingerprint density at radius 2 is 1.62 bits per heavy atom. The molecule has 0 aliphatic heterocycles. The smallest absolute Gasteiger partial charge is 0.265 e. The van der Waals surface area contributed by atoms with E-state index in [1.807, 2.05) is 50.2 Å². The van der Waals surface area contributed by atoms with Gasteiger partial charge < -0.3 is 14.8 Å². The van der Waals surface area contributed by atoms with E-state index in [0.29, 0.717) is 11.9 Å². The van der Waals surface area contributed by atoms with Crippen LogP contribution in [0.3, 0.4) is 0 Å². The van der Waals surface area contributed by atoms with E-state index in [1.165, 1.54) is 12.8 Å². The molecule has 2 aromatic carbocycles. The molecule has 1 saturated carbocycles. The number of amides is 1. The first-order valence-electron chi connectivity index (χ1n) is 9.32. The summed E-state index contributed by atoms with van der Waals surface area (Å²) in [5.74, 6) is 1.40. The van der Waals surface area contributed by atoms with Gasteiger partial charge in [-0.3, -0.25) is 4.79 Å². The van der Waals surface area contributed by atoms with Gasteiger partial charge in [0.25, 0.3) is 5.91 Å². The molecule has 0 heterocycles. The van der Waals surface area contributed by atoms with Gasteiger partial charge >= 0.3 is 0 Å². The second-order valence-electron chi connectivity index (χ2n) is 7.12. The van der Waals surface area contributed by atoms with Crippen molar-refractivity contribution < 1.29 is 14.3 Å². The maximum atomic E-state index is 12.4. The zero-order valence-electron chi connectivity index (χ0n) is 15.7. The minimum absolute atomic E-state index is 0.173. The number of rotatable bonds is 6. The van der Waals surface area contributed by atoms with Crippen LogP contribution in [0.25, 0.3) is 0 Å². The molecule has 4 nitrogen and oxygen atoms in total. The molecule has 0 unspecified atom stereocenters. The van der Waals surface area contributed by atoms with Crippen LogP contribution in [0.5, 0.6) is 11.5 Å². The van der Waals surface area contributed by atoms with Crippen LogP contribution in [0.15, 0.2) is 42.5 Å². The van der Waals surface area contributed by atoms with Gasteiger partial charge in [0.05, 0.1) is 6.10 Å².